The Balaban J connectivity index is 1.29. The molecule has 6 nitrogen and oxygen atoms in total. The van der Waals surface area contributed by atoms with Gasteiger partial charge < -0.3 is 14.7 Å². The molecule has 0 bridgehead atoms. The molecule has 1 fully saturated rings. The molecule has 0 saturated carbocycles. The molecule has 0 aliphatic carbocycles. The van der Waals surface area contributed by atoms with Gasteiger partial charge in [-0.15, -0.1) is 11.3 Å². The van der Waals surface area contributed by atoms with Crippen molar-refractivity contribution in [3.8, 4) is 11.3 Å². The number of carbonyl (C=O) groups is 1. The number of hydrogen-bond donors (Lipinski definition) is 1. The summed E-state index contributed by atoms with van der Waals surface area (Å²) in [4.78, 5) is 18.9. The van der Waals surface area contributed by atoms with E-state index in [1.807, 2.05) is 5.38 Å². The second kappa shape index (κ2) is 7.87. The van der Waals surface area contributed by atoms with Crippen LogP contribution in [0.15, 0.2) is 46.5 Å². The van der Waals surface area contributed by atoms with E-state index in [0.29, 0.717) is 18.2 Å². The van der Waals surface area contributed by atoms with Crippen LogP contribution in [0.3, 0.4) is 0 Å². The molecule has 3 heterocycles. The van der Waals surface area contributed by atoms with Crippen LogP contribution < -0.4 is 10.2 Å². The zero-order chi connectivity index (χ0) is 18.6. The van der Waals surface area contributed by atoms with Gasteiger partial charge in [0.1, 0.15) is 12.1 Å². The smallest absolute Gasteiger partial charge is 0.273 e. The van der Waals surface area contributed by atoms with Crippen molar-refractivity contribution in [3.05, 3.63) is 53.5 Å². The molecule has 1 aromatic carbocycles. The maximum atomic E-state index is 13.1. The van der Waals surface area contributed by atoms with E-state index in [1.54, 1.807) is 29.5 Å². The minimum Gasteiger partial charge on any atom is -0.364 e. The normalized spacial score (nSPS) is 15.1. The van der Waals surface area contributed by atoms with Gasteiger partial charge in [-0.1, -0.05) is 5.16 Å². The van der Waals surface area contributed by atoms with Crippen molar-refractivity contribution in [1.29, 1.82) is 0 Å². The summed E-state index contributed by atoms with van der Waals surface area (Å²) in [5.74, 6) is -0.00408. The summed E-state index contributed by atoms with van der Waals surface area (Å²) >= 11 is 1.61. The monoisotopic (exact) mass is 386 g/mol. The van der Waals surface area contributed by atoms with E-state index < -0.39 is 0 Å². The Bertz CT molecular complexity index is 887. The van der Waals surface area contributed by atoms with Crippen LogP contribution in [0.5, 0.6) is 0 Å². The Kier molecular flexibility index (Phi) is 5.15. The van der Waals surface area contributed by atoms with Gasteiger partial charge in [-0.2, -0.15) is 0 Å². The van der Waals surface area contributed by atoms with Crippen molar-refractivity contribution in [3.63, 3.8) is 0 Å². The third-order valence-electron chi connectivity index (χ3n) is 4.74. The number of nitrogens with one attached hydrogen (secondary N) is 1. The van der Waals surface area contributed by atoms with Crippen LogP contribution >= 0.6 is 11.3 Å². The number of aromatic nitrogens is 2. The first-order chi connectivity index (χ1) is 13.2. The number of amides is 1. The van der Waals surface area contributed by atoms with E-state index in [1.165, 1.54) is 18.4 Å². The second-order valence-corrected chi connectivity index (χ2v) is 7.38. The Morgan fingerprint density at radius 3 is 2.74 bits per heavy atom. The van der Waals surface area contributed by atoms with Crippen LogP contribution in [-0.2, 0) is 0 Å². The number of nitrogens with zero attached hydrogens (tertiary/aromatic N) is 3. The quantitative estimate of drug-likeness (QED) is 0.726. The zero-order valence-electron chi connectivity index (χ0n) is 14.6. The SMILES string of the molecule is O=C(NCC1CCN(c2nc(-c3ccc(F)cc3)cs2)CC1)c1ccon1. The van der Waals surface area contributed by atoms with Crippen LogP contribution in [0, 0.1) is 11.7 Å². The first-order valence-corrected chi connectivity index (χ1v) is 9.72. The van der Waals surface area contributed by atoms with Gasteiger partial charge in [0.2, 0.25) is 0 Å². The lowest BCUT2D eigenvalue weighted by Gasteiger charge is -2.31. The van der Waals surface area contributed by atoms with Crippen molar-refractivity contribution in [2.45, 2.75) is 12.8 Å². The highest BCUT2D eigenvalue weighted by atomic mass is 32.1. The number of piperidine rings is 1. The number of rotatable bonds is 5. The number of hydrogen-bond acceptors (Lipinski definition) is 6. The lowest BCUT2D eigenvalue weighted by Crippen LogP contribution is -2.38. The lowest BCUT2D eigenvalue weighted by molar-refractivity contribution is 0.0936. The molecule has 1 aliphatic rings. The number of thiazole rings is 1. The topological polar surface area (TPSA) is 71.3 Å². The average molecular weight is 386 g/mol. The molecule has 0 radical (unpaired) electrons. The summed E-state index contributed by atoms with van der Waals surface area (Å²) in [5.41, 5.74) is 2.10. The van der Waals surface area contributed by atoms with Gasteiger partial charge in [-0.3, -0.25) is 4.79 Å². The molecule has 1 saturated heterocycles. The van der Waals surface area contributed by atoms with E-state index >= 15 is 0 Å². The molecule has 27 heavy (non-hydrogen) atoms. The van der Waals surface area contributed by atoms with E-state index in [4.69, 9.17) is 4.98 Å². The van der Waals surface area contributed by atoms with Crippen LogP contribution in [-0.4, -0.2) is 35.7 Å². The van der Waals surface area contributed by atoms with Crippen LogP contribution in [0.2, 0.25) is 0 Å². The molecule has 8 heteroatoms. The van der Waals surface area contributed by atoms with Crippen LogP contribution in [0.1, 0.15) is 23.3 Å². The molecule has 2 aromatic heterocycles. The standard InChI is InChI=1S/C19H19FN4O2S/c20-15-3-1-14(2-4-15)17-12-27-19(22-17)24-8-5-13(6-9-24)11-21-18(25)16-7-10-26-23-16/h1-4,7,10,12-13H,5-6,8-9,11H2,(H,21,25). The number of carbonyl (C=O) groups excluding carboxylic acids is 1. The third kappa shape index (κ3) is 4.16. The molecule has 3 aromatic rings. The Labute approximate surface area is 160 Å². The molecular formula is C19H19FN4O2S. The summed E-state index contributed by atoms with van der Waals surface area (Å²) < 4.78 is 17.8. The fourth-order valence-electron chi connectivity index (χ4n) is 3.15. The van der Waals surface area contributed by atoms with E-state index in [9.17, 15) is 9.18 Å². The summed E-state index contributed by atoms with van der Waals surface area (Å²) in [6, 6.07) is 7.95. The Morgan fingerprint density at radius 1 is 1.26 bits per heavy atom. The molecule has 1 aliphatic heterocycles. The van der Waals surface area contributed by atoms with E-state index in [0.717, 1.165) is 42.3 Å². The molecular weight excluding hydrogens is 367 g/mol. The lowest BCUT2D eigenvalue weighted by atomic mass is 9.97. The third-order valence-corrected chi connectivity index (χ3v) is 5.64. The summed E-state index contributed by atoms with van der Waals surface area (Å²) in [6.45, 7) is 2.44. The largest absolute Gasteiger partial charge is 0.364 e. The van der Waals surface area contributed by atoms with Gasteiger partial charge in [0, 0.05) is 36.6 Å². The molecule has 140 valence electrons. The van der Waals surface area contributed by atoms with Crippen molar-refractivity contribution >= 4 is 22.4 Å². The van der Waals surface area contributed by atoms with Crippen molar-refractivity contribution in [2.75, 3.05) is 24.5 Å². The molecule has 4 rings (SSSR count). The number of anilines is 1. The summed E-state index contributed by atoms with van der Waals surface area (Å²) in [6.07, 6.45) is 3.37. The number of benzene rings is 1. The summed E-state index contributed by atoms with van der Waals surface area (Å²) in [5, 5.41) is 9.55. The molecule has 0 atom stereocenters. The Morgan fingerprint density at radius 2 is 2.04 bits per heavy atom. The fraction of sp³-hybridized carbons (Fsp3) is 0.316. The van der Waals surface area contributed by atoms with E-state index in [-0.39, 0.29) is 11.7 Å². The van der Waals surface area contributed by atoms with E-state index in [2.05, 4.69) is 19.9 Å². The molecule has 1 N–H and O–H groups in total. The zero-order valence-corrected chi connectivity index (χ0v) is 15.4. The van der Waals surface area contributed by atoms with Gasteiger partial charge in [0.05, 0.1) is 5.69 Å². The molecule has 0 unspecified atom stereocenters. The first-order valence-electron chi connectivity index (χ1n) is 8.84. The van der Waals surface area contributed by atoms with Crippen molar-refractivity contribution in [2.24, 2.45) is 5.92 Å². The van der Waals surface area contributed by atoms with Crippen LogP contribution in [0.25, 0.3) is 11.3 Å². The van der Waals surface area contributed by atoms with Gasteiger partial charge in [-0.25, -0.2) is 9.37 Å². The second-order valence-electron chi connectivity index (χ2n) is 6.55. The minimum atomic E-state index is -0.244. The maximum Gasteiger partial charge on any atom is 0.273 e. The highest BCUT2D eigenvalue weighted by Crippen LogP contribution is 2.30. The van der Waals surface area contributed by atoms with Gasteiger partial charge in [0.15, 0.2) is 10.8 Å². The van der Waals surface area contributed by atoms with Gasteiger partial charge >= 0.3 is 0 Å². The summed E-state index contributed by atoms with van der Waals surface area (Å²) in [7, 11) is 0. The Hall–Kier alpha value is -2.74. The van der Waals surface area contributed by atoms with Gasteiger partial charge in [-0.05, 0) is 43.0 Å². The molecule has 1 amide bonds. The minimum absolute atomic E-state index is 0.199. The van der Waals surface area contributed by atoms with Crippen molar-refractivity contribution in [1.82, 2.24) is 15.5 Å². The highest BCUT2D eigenvalue weighted by molar-refractivity contribution is 7.14. The van der Waals surface area contributed by atoms with Gasteiger partial charge in [0.25, 0.3) is 5.91 Å². The van der Waals surface area contributed by atoms with Crippen molar-refractivity contribution < 1.29 is 13.7 Å². The predicted octanol–water partition coefficient (Wildman–Crippen LogP) is 3.58. The first kappa shape index (κ1) is 17.7. The highest BCUT2D eigenvalue weighted by Gasteiger charge is 2.22. The number of halogens is 1. The van der Waals surface area contributed by atoms with Crippen LogP contribution in [0.4, 0.5) is 9.52 Å². The fourth-order valence-corrected chi connectivity index (χ4v) is 4.04. The maximum absolute atomic E-state index is 13.1. The average Bonchev–Trinajstić information content (AvgIpc) is 3.39. The molecule has 0 spiro atoms. The predicted molar refractivity (Wildman–Crippen MR) is 101 cm³/mol.